The molecule has 14 heavy (non-hydrogen) atoms. The van der Waals surface area contributed by atoms with E-state index in [0.29, 0.717) is 0 Å². The van der Waals surface area contributed by atoms with Crippen molar-refractivity contribution in [3.8, 4) is 0 Å². The van der Waals surface area contributed by atoms with Crippen molar-refractivity contribution in [1.29, 1.82) is 0 Å². The minimum atomic E-state index is -1.94. The minimum absolute atomic E-state index is 0.182. The molecule has 2 unspecified atom stereocenters. The van der Waals surface area contributed by atoms with Gasteiger partial charge < -0.3 is 21.3 Å². The Hall–Kier alpha value is -1.14. The fourth-order valence-corrected chi connectivity index (χ4v) is 0.616. The first-order valence-corrected chi connectivity index (χ1v) is 4.25. The summed E-state index contributed by atoms with van der Waals surface area (Å²) in [4.78, 5) is 21.6. The highest BCUT2D eigenvalue weighted by Gasteiger charge is 2.30. The number of rotatable bonds is 5. The van der Waals surface area contributed by atoms with Gasteiger partial charge in [-0.3, -0.25) is 4.79 Å². The molecule has 0 aliphatic heterocycles. The molecule has 0 aliphatic rings. The number of carboxylic acid groups (broad SMARTS) is 1. The maximum Gasteiger partial charge on any atom is 0.337 e. The molecule has 0 fully saturated rings. The van der Waals surface area contributed by atoms with Crippen molar-refractivity contribution in [2.24, 2.45) is 11.7 Å². The van der Waals surface area contributed by atoms with E-state index in [2.05, 4.69) is 5.32 Å². The molecule has 2 atom stereocenters. The Balaban J connectivity index is 4.06. The number of nitrogens with two attached hydrogens (primary N) is 1. The summed E-state index contributed by atoms with van der Waals surface area (Å²) < 4.78 is 0. The highest BCUT2D eigenvalue weighted by molar-refractivity contribution is 5.81. The number of nitrogens with one attached hydrogen (secondary N) is 1. The van der Waals surface area contributed by atoms with Gasteiger partial charge in [-0.05, 0) is 6.92 Å². The number of carbonyl (C=O) groups is 2. The molecule has 0 heterocycles. The van der Waals surface area contributed by atoms with Crippen LogP contribution in [-0.4, -0.2) is 40.8 Å². The molecule has 0 aromatic carbocycles. The SMILES string of the molecule is CC(CN)C(=O)NCC(C)(O)C(=O)O. The van der Waals surface area contributed by atoms with Crippen molar-refractivity contribution in [3.63, 3.8) is 0 Å². The zero-order chi connectivity index (χ0) is 11.4. The molecule has 0 bridgehead atoms. The maximum absolute atomic E-state index is 11.1. The predicted octanol–water partition coefficient (Wildman–Crippen LogP) is -1.47. The molecule has 0 aromatic heterocycles. The summed E-state index contributed by atoms with van der Waals surface area (Å²) in [5.41, 5.74) is 3.29. The van der Waals surface area contributed by atoms with E-state index < -0.39 is 11.6 Å². The van der Waals surface area contributed by atoms with E-state index >= 15 is 0 Å². The number of carbonyl (C=O) groups excluding carboxylic acids is 1. The predicted molar refractivity (Wildman–Crippen MR) is 49.5 cm³/mol. The van der Waals surface area contributed by atoms with Crippen LogP contribution in [0.2, 0.25) is 0 Å². The Morgan fingerprint density at radius 3 is 2.43 bits per heavy atom. The highest BCUT2D eigenvalue weighted by atomic mass is 16.4. The molecule has 6 nitrogen and oxygen atoms in total. The average molecular weight is 204 g/mol. The largest absolute Gasteiger partial charge is 0.479 e. The van der Waals surface area contributed by atoms with Crippen molar-refractivity contribution < 1.29 is 19.8 Å². The normalized spacial score (nSPS) is 16.9. The second kappa shape index (κ2) is 4.92. The van der Waals surface area contributed by atoms with E-state index in [9.17, 15) is 14.7 Å². The van der Waals surface area contributed by atoms with Gasteiger partial charge >= 0.3 is 5.97 Å². The molecular weight excluding hydrogens is 188 g/mol. The van der Waals surface area contributed by atoms with E-state index in [1.807, 2.05) is 0 Å². The molecule has 0 rings (SSSR count). The summed E-state index contributed by atoms with van der Waals surface area (Å²) in [5, 5.41) is 20.1. The van der Waals surface area contributed by atoms with Gasteiger partial charge in [-0.2, -0.15) is 0 Å². The standard InChI is InChI=1S/C8H16N2O4/c1-5(3-9)6(11)10-4-8(2,14)7(12)13/h5,14H,3-4,9H2,1-2H3,(H,10,11)(H,12,13). The molecule has 5 N–H and O–H groups in total. The minimum Gasteiger partial charge on any atom is -0.479 e. The first kappa shape index (κ1) is 12.9. The van der Waals surface area contributed by atoms with Crippen LogP contribution in [0.4, 0.5) is 0 Å². The van der Waals surface area contributed by atoms with Crippen molar-refractivity contribution in [3.05, 3.63) is 0 Å². The molecule has 0 saturated carbocycles. The summed E-state index contributed by atoms with van der Waals surface area (Å²) in [5.74, 6) is -2.13. The van der Waals surface area contributed by atoms with Crippen LogP contribution in [-0.2, 0) is 9.59 Å². The topological polar surface area (TPSA) is 113 Å². The Morgan fingerprint density at radius 1 is 1.57 bits per heavy atom. The smallest absolute Gasteiger partial charge is 0.337 e. The Bertz CT molecular complexity index is 227. The number of hydrogen-bond donors (Lipinski definition) is 4. The summed E-state index contributed by atoms with van der Waals surface area (Å²) >= 11 is 0. The van der Waals surface area contributed by atoms with Gasteiger partial charge in [-0.15, -0.1) is 0 Å². The first-order valence-electron chi connectivity index (χ1n) is 4.25. The monoisotopic (exact) mass is 204 g/mol. The fraction of sp³-hybridized carbons (Fsp3) is 0.750. The van der Waals surface area contributed by atoms with Crippen molar-refractivity contribution in [2.45, 2.75) is 19.4 Å². The molecule has 0 aromatic rings. The summed E-state index contributed by atoms with van der Waals surface area (Å²) in [6.45, 7) is 2.58. The molecule has 1 amide bonds. The van der Waals surface area contributed by atoms with Crippen LogP contribution in [0, 0.1) is 5.92 Å². The lowest BCUT2D eigenvalue weighted by Crippen LogP contribution is -2.48. The highest BCUT2D eigenvalue weighted by Crippen LogP contribution is 2.01. The van der Waals surface area contributed by atoms with Gasteiger partial charge in [-0.25, -0.2) is 4.79 Å². The van der Waals surface area contributed by atoms with Gasteiger partial charge in [0, 0.05) is 12.5 Å². The quantitative estimate of drug-likeness (QED) is 0.437. The Kier molecular flexibility index (Phi) is 4.52. The van der Waals surface area contributed by atoms with Gasteiger partial charge in [0.2, 0.25) is 5.91 Å². The first-order chi connectivity index (χ1) is 6.31. The van der Waals surface area contributed by atoms with E-state index in [-0.39, 0.29) is 24.9 Å². The Morgan fingerprint density at radius 2 is 2.07 bits per heavy atom. The summed E-state index contributed by atoms with van der Waals surface area (Å²) in [7, 11) is 0. The lowest BCUT2D eigenvalue weighted by atomic mass is 10.1. The molecule has 0 radical (unpaired) electrons. The summed E-state index contributed by atoms with van der Waals surface area (Å²) in [6, 6.07) is 0. The van der Waals surface area contributed by atoms with Gasteiger partial charge in [0.15, 0.2) is 5.60 Å². The van der Waals surface area contributed by atoms with Crippen molar-refractivity contribution in [2.75, 3.05) is 13.1 Å². The van der Waals surface area contributed by atoms with Gasteiger partial charge in [0.25, 0.3) is 0 Å². The van der Waals surface area contributed by atoms with E-state index in [4.69, 9.17) is 10.8 Å². The number of aliphatic hydroxyl groups is 1. The second-order valence-electron chi connectivity index (χ2n) is 3.43. The van der Waals surface area contributed by atoms with E-state index in [0.717, 1.165) is 6.92 Å². The fourth-order valence-electron chi connectivity index (χ4n) is 0.616. The van der Waals surface area contributed by atoms with Crippen LogP contribution in [0.5, 0.6) is 0 Å². The third-order valence-electron chi connectivity index (χ3n) is 1.87. The second-order valence-corrected chi connectivity index (χ2v) is 3.43. The van der Waals surface area contributed by atoms with Gasteiger partial charge in [-0.1, -0.05) is 6.92 Å². The lowest BCUT2D eigenvalue weighted by Gasteiger charge is -2.19. The molecule has 0 saturated heterocycles. The van der Waals surface area contributed by atoms with Crippen molar-refractivity contribution >= 4 is 11.9 Å². The molecule has 6 heteroatoms. The number of carboxylic acids is 1. The zero-order valence-corrected chi connectivity index (χ0v) is 8.28. The van der Waals surface area contributed by atoms with E-state index in [1.165, 1.54) is 0 Å². The van der Waals surface area contributed by atoms with Gasteiger partial charge in [0.05, 0.1) is 6.54 Å². The average Bonchev–Trinajstić information content (AvgIpc) is 2.12. The van der Waals surface area contributed by atoms with Crippen LogP contribution < -0.4 is 11.1 Å². The number of hydrogen-bond acceptors (Lipinski definition) is 4. The van der Waals surface area contributed by atoms with Crippen LogP contribution >= 0.6 is 0 Å². The number of aliphatic carboxylic acids is 1. The molecule has 0 aliphatic carbocycles. The van der Waals surface area contributed by atoms with Crippen LogP contribution in [0.25, 0.3) is 0 Å². The van der Waals surface area contributed by atoms with Gasteiger partial charge in [0.1, 0.15) is 0 Å². The molecule has 82 valence electrons. The van der Waals surface area contributed by atoms with Crippen LogP contribution in [0.15, 0.2) is 0 Å². The zero-order valence-electron chi connectivity index (χ0n) is 8.28. The van der Waals surface area contributed by atoms with E-state index in [1.54, 1.807) is 6.92 Å². The number of amides is 1. The third-order valence-corrected chi connectivity index (χ3v) is 1.87. The third kappa shape index (κ3) is 3.71. The summed E-state index contributed by atoms with van der Waals surface area (Å²) in [6.07, 6.45) is 0. The van der Waals surface area contributed by atoms with Crippen LogP contribution in [0.3, 0.4) is 0 Å². The van der Waals surface area contributed by atoms with Crippen molar-refractivity contribution in [1.82, 2.24) is 5.32 Å². The van der Waals surface area contributed by atoms with Crippen LogP contribution in [0.1, 0.15) is 13.8 Å². The molecular formula is C8H16N2O4. The molecule has 0 spiro atoms. The maximum atomic E-state index is 11.1. The lowest BCUT2D eigenvalue weighted by molar-refractivity contribution is -0.156. The Labute approximate surface area is 82.1 Å².